The first-order chi connectivity index (χ1) is 12.0. The number of carbonyl (C=O) groups excluding carboxylic acids is 1. The van der Waals surface area contributed by atoms with Crippen LogP contribution >= 0.6 is 0 Å². The summed E-state index contributed by atoms with van der Waals surface area (Å²) >= 11 is 0. The third-order valence-electron chi connectivity index (χ3n) is 3.57. The Hall–Kier alpha value is -3.37. The summed E-state index contributed by atoms with van der Waals surface area (Å²) in [5.41, 5.74) is 6.57. The van der Waals surface area contributed by atoms with Gasteiger partial charge < -0.3 is 15.6 Å². The van der Waals surface area contributed by atoms with E-state index in [2.05, 4.69) is 30.7 Å². The predicted octanol–water partition coefficient (Wildman–Crippen LogP) is 0.0483. The fourth-order valence-electron chi connectivity index (χ4n) is 2.47. The maximum absolute atomic E-state index is 12.0. The number of anilines is 2. The Kier molecular flexibility index (Phi) is 4.37. The van der Waals surface area contributed by atoms with Gasteiger partial charge in [0.25, 0.3) is 5.56 Å². The van der Waals surface area contributed by atoms with Crippen LogP contribution in [0.15, 0.2) is 17.2 Å². The number of carbonyl (C=O) groups is 1. The van der Waals surface area contributed by atoms with Crippen LogP contribution in [0, 0.1) is 6.92 Å². The van der Waals surface area contributed by atoms with Crippen LogP contribution in [0.3, 0.4) is 0 Å². The van der Waals surface area contributed by atoms with Crippen molar-refractivity contribution in [3.63, 3.8) is 0 Å². The molecule has 3 heterocycles. The SMILES string of the molecule is CCn1nc(C)cc1NC(=O)NCCn1cnc2c(=O)[nH]c(N)nc21. The molecular formula is C14H19N9O2. The van der Waals surface area contributed by atoms with Crippen LogP contribution < -0.4 is 21.9 Å². The zero-order valence-corrected chi connectivity index (χ0v) is 13.9. The fraction of sp³-hybridized carbons (Fsp3) is 0.357. The van der Waals surface area contributed by atoms with Crippen molar-refractivity contribution in [2.45, 2.75) is 26.9 Å². The van der Waals surface area contributed by atoms with E-state index in [9.17, 15) is 9.59 Å². The molecule has 0 aromatic carbocycles. The first kappa shape index (κ1) is 16.5. The molecule has 25 heavy (non-hydrogen) atoms. The smallest absolute Gasteiger partial charge is 0.320 e. The van der Waals surface area contributed by atoms with Crippen molar-refractivity contribution in [1.29, 1.82) is 0 Å². The molecule has 11 heteroatoms. The van der Waals surface area contributed by atoms with Gasteiger partial charge in [-0.25, -0.2) is 14.5 Å². The molecule has 0 aliphatic heterocycles. The molecule has 0 saturated heterocycles. The summed E-state index contributed by atoms with van der Waals surface area (Å²) in [6.45, 7) is 5.18. The molecule has 0 bridgehead atoms. The summed E-state index contributed by atoms with van der Waals surface area (Å²) in [5, 5.41) is 9.75. The lowest BCUT2D eigenvalue weighted by molar-refractivity contribution is 0.251. The van der Waals surface area contributed by atoms with Crippen LogP contribution in [0.5, 0.6) is 0 Å². The molecule has 0 aliphatic rings. The van der Waals surface area contributed by atoms with Crippen LogP contribution in [-0.4, -0.2) is 41.9 Å². The van der Waals surface area contributed by atoms with E-state index in [0.29, 0.717) is 31.1 Å². The molecule has 0 radical (unpaired) electrons. The molecule has 0 unspecified atom stereocenters. The highest BCUT2D eigenvalue weighted by Gasteiger charge is 2.10. The van der Waals surface area contributed by atoms with E-state index >= 15 is 0 Å². The summed E-state index contributed by atoms with van der Waals surface area (Å²) in [6.07, 6.45) is 1.49. The van der Waals surface area contributed by atoms with Gasteiger partial charge in [-0.2, -0.15) is 10.1 Å². The molecule has 3 rings (SSSR count). The Morgan fingerprint density at radius 1 is 1.44 bits per heavy atom. The maximum atomic E-state index is 12.0. The van der Waals surface area contributed by atoms with Gasteiger partial charge in [-0.05, 0) is 13.8 Å². The fourth-order valence-corrected chi connectivity index (χ4v) is 2.47. The van der Waals surface area contributed by atoms with Crippen molar-refractivity contribution in [1.82, 2.24) is 34.6 Å². The van der Waals surface area contributed by atoms with Crippen molar-refractivity contribution < 1.29 is 4.79 Å². The molecule has 0 aliphatic carbocycles. The third-order valence-corrected chi connectivity index (χ3v) is 3.57. The van der Waals surface area contributed by atoms with Crippen LogP contribution in [0.2, 0.25) is 0 Å². The Bertz CT molecular complexity index is 968. The minimum absolute atomic E-state index is 0.0214. The Balaban J connectivity index is 1.61. The number of nitrogens with two attached hydrogens (primary N) is 1. The third kappa shape index (κ3) is 3.44. The molecule has 2 amide bonds. The standard InChI is InChI=1S/C14H19N9O2/c1-3-23-9(6-8(2)21-23)18-14(25)16-4-5-22-7-17-10-11(22)19-13(15)20-12(10)24/h6-7H,3-5H2,1-2H3,(H2,16,18,25)(H3,15,19,20,24). The first-order valence-electron chi connectivity index (χ1n) is 7.78. The lowest BCUT2D eigenvalue weighted by Crippen LogP contribution is -2.32. The predicted molar refractivity (Wildman–Crippen MR) is 92.2 cm³/mol. The number of nitrogen functional groups attached to an aromatic ring is 1. The Labute approximate surface area is 142 Å². The van der Waals surface area contributed by atoms with Crippen molar-refractivity contribution in [2.24, 2.45) is 0 Å². The number of hydrogen-bond donors (Lipinski definition) is 4. The summed E-state index contributed by atoms with van der Waals surface area (Å²) in [5.74, 6) is 0.653. The zero-order chi connectivity index (χ0) is 18.0. The Morgan fingerprint density at radius 3 is 3.00 bits per heavy atom. The molecule has 0 atom stereocenters. The van der Waals surface area contributed by atoms with Gasteiger partial charge in [0.05, 0.1) is 12.0 Å². The quantitative estimate of drug-likeness (QED) is 0.513. The number of urea groups is 1. The van der Waals surface area contributed by atoms with Gasteiger partial charge in [0.2, 0.25) is 5.95 Å². The van der Waals surface area contributed by atoms with Crippen LogP contribution in [0.25, 0.3) is 11.2 Å². The van der Waals surface area contributed by atoms with E-state index in [0.717, 1.165) is 5.69 Å². The van der Waals surface area contributed by atoms with Crippen molar-refractivity contribution in [3.05, 3.63) is 28.4 Å². The number of nitrogens with zero attached hydrogens (tertiary/aromatic N) is 5. The molecule has 0 fully saturated rings. The monoisotopic (exact) mass is 345 g/mol. The molecule has 11 nitrogen and oxygen atoms in total. The van der Waals surface area contributed by atoms with E-state index in [1.807, 2.05) is 13.8 Å². The second-order valence-corrected chi connectivity index (χ2v) is 5.43. The molecule has 0 saturated carbocycles. The van der Waals surface area contributed by atoms with Crippen LogP contribution in [0.4, 0.5) is 16.6 Å². The number of amides is 2. The molecule has 132 valence electrons. The lowest BCUT2D eigenvalue weighted by Gasteiger charge is -2.09. The number of hydrogen-bond acceptors (Lipinski definition) is 6. The lowest BCUT2D eigenvalue weighted by atomic mass is 10.5. The highest BCUT2D eigenvalue weighted by atomic mass is 16.2. The Morgan fingerprint density at radius 2 is 2.24 bits per heavy atom. The van der Waals surface area contributed by atoms with Gasteiger partial charge in [-0.1, -0.05) is 0 Å². The first-order valence-corrected chi connectivity index (χ1v) is 7.78. The summed E-state index contributed by atoms with van der Waals surface area (Å²) in [7, 11) is 0. The number of aryl methyl sites for hydroxylation is 2. The molecule has 3 aromatic heterocycles. The molecular weight excluding hydrogens is 326 g/mol. The second kappa shape index (κ2) is 6.63. The number of rotatable bonds is 5. The minimum Gasteiger partial charge on any atom is -0.369 e. The summed E-state index contributed by atoms with van der Waals surface area (Å²) in [6, 6.07) is 1.45. The van der Waals surface area contributed by atoms with Crippen LogP contribution in [0.1, 0.15) is 12.6 Å². The van der Waals surface area contributed by atoms with Gasteiger partial charge >= 0.3 is 6.03 Å². The zero-order valence-electron chi connectivity index (χ0n) is 13.9. The van der Waals surface area contributed by atoms with Gasteiger partial charge in [-0.3, -0.25) is 15.1 Å². The van der Waals surface area contributed by atoms with Gasteiger partial charge in [0.1, 0.15) is 5.82 Å². The van der Waals surface area contributed by atoms with E-state index in [1.54, 1.807) is 15.3 Å². The van der Waals surface area contributed by atoms with E-state index in [-0.39, 0.29) is 17.5 Å². The van der Waals surface area contributed by atoms with E-state index in [1.165, 1.54) is 6.33 Å². The van der Waals surface area contributed by atoms with Crippen molar-refractivity contribution >= 4 is 29.0 Å². The average molecular weight is 345 g/mol. The normalized spacial score (nSPS) is 11.0. The number of nitrogens with one attached hydrogen (secondary N) is 3. The number of H-pyrrole nitrogens is 1. The molecule has 5 N–H and O–H groups in total. The van der Waals surface area contributed by atoms with Gasteiger partial charge in [0, 0.05) is 25.7 Å². The highest BCUT2D eigenvalue weighted by Crippen LogP contribution is 2.09. The van der Waals surface area contributed by atoms with Crippen LogP contribution in [-0.2, 0) is 13.1 Å². The maximum Gasteiger partial charge on any atom is 0.320 e. The van der Waals surface area contributed by atoms with E-state index < -0.39 is 5.56 Å². The topological polar surface area (TPSA) is 149 Å². The number of imidazole rings is 1. The van der Waals surface area contributed by atoms with Crippen molar-refractivity contribution in [3.8, 4) is 0 Å². The minimum atomic E-state index is -0.393. The van der Waals surface area contributed by atoms with Gasteiger partial charge in [0.15, 0.2) is 11.2 Å². The molecule has 3 aromatic rings. The number of fused-ring (bicyclic) bond motifs is 1. The number of aromatic amines is 1. The summed E-state index contributed by atoms with van der Waals surface area (Å²) < 4.78 is 3.36. The van der Waals surface area contributed by atoms with E-state index in [4.69, 9.17) is 5.73 Å². The highest BCUT2D eigenvalue weighted by molar-refractivity contribution is 5.88. The molecule has 0 spiro atoms. The van der Waals surface area contributed by atoms with Crippen molar-refractivity contribution in [2.75, 3.05) is 17.6 Å². The average Bonchev–Trinajstić information content (AvgIpc) is 3.11. The second-order valence-electron chi connectivity index (χ2n) is 5.43. The largest absolute Gasteiger partial charge is 0.369 e. The number of aromatic nitrogens is 6. The summed E-state index contributed by atoms with van der Waals surface area (Å²) in [4.78, 5) is 34.2. The van der Waals surface area contributed by atoms with Gasteiger partial charge in [-0.15, -0.1) is 0 Å².